The molecule has 6 nitrogen and oxygen atoms in total. The molecule has 1 aromatic carbocycles. The van der Waals surface area contributed by atoms with Gasteiger partial charge in [-0.3, -0.25) is 0 Å². The zero-order valence-electron chi connectivity index (χ0n) is 9.87. The number of tetrazole rings is 1. The first kappa shape index (κ1) is 11.5. The molecule has 0 aliphatic heterocycles. The van der Waals surface area contributed by atoms with Crippen LogP contribution in [0.1, 0.15) is 6.92 Å². The molecule has 1 atom stereocenters. The first-order chi connectivity index (χ1) is 8.22. The van der Waals surface area contributed by atoms with Crippen LogP contribution in [-0.4, -0.2) is 33.4 Å². The van der Waals surface area contributed by atoms with Crippen molar-refractivity contribution >= 4 is 5.69 Å². The van der Waals surface area contributed by atoms with E-state index in [1.807, 2.05) is 31.2 Å². The summed E-state index contributed by atoms with van der Waals surface area (Å²) in [6.07, 6.45) is 0.0437. The Balaban J connectivity index is 2.34. The van der Waals surface area contributed by atoms with Crippen LogP contribution < -0.4 is 5.73 Å². The van der Waals surface area contributed by atoms with E-state index in [-0.39, 0.29) is 6.10 Å². The van der Waals surface area contributed by atoms with Crippen LogP contribution in [0.4, 0.5) is 5.69 Å². The van der Waals surface area contributed by atoms with Crippen LogP contribution in [0, 0.1) is 0 Å². The van der Waals surface area contributed by atoms with E-state index < -0.39 is 0 Å². The molecule has 0 spiro atoms. The lowest BCUT2D eigenvalue weighted by Crippen LogP contribution is -2.17. The number of benzene rings is 1. The molecule has 90 valence electrons. The molecule has 0 saturated carbocycles. The lowest BCUT2D eigenvalue weighted by Gasteiger charge is -2.11. The molecule has 2 aromatic rings. The largest absolute Gasteiger partial charge is 0.398 e. The van der Waals surface area contributed by atoms with Crippen molar-refractivity contribution in [2.24, 2.45) is 0 Å². The van der Waals surface area contributed by atoms with E-state index in [4.69, 9.17) is 10.5 Å². The van der Waals surface area contributed by atoms with Gasteiger partial charge < -0.3 is 10.5 Å². The maximum Gasteiger partial charge on any atom is 0.184 e. The molecule has 0 saturated heterocycles. The minimum Gasteiger partial charge on any atom is -0.398 e. The lowest BCUT2D eigenvalue weighted by atomic mass is 10.1. The summed E-state index contributed by atoms with van der Waals surface area (Å²) in [5.41, 5.74) is 7.40. The van der Waals surface area contributed by atoms with Crippen LogP contribution in [0.25, 0.3) is 11.4 Å². The van der Waals surface area contributed by atoms with Gasteiger partial charge in [-0.1, -0.05) is 12.1 Å². The van der Waals surface area contributed by atoms with E-state index >= 15 is 0 Å². The summed E-state index contributed by atoms with van der Waals surface area (Å²) in [5.74, 6) is 0.659. The monoisotopic (exact) mass is 233 g/mol. The number of nitrogen functional groups attached to an aromatic ring is 1. The van der Waals surface area contributed by atoms with Crippen molar-refractivity contribution in [3.05, 3.63) is 24.3 Å². The normalized spacial score (nSPS) is 12.6. The van der Waals surface area contributed by atoms with Gasteiger partial charge >= 0.3 is 0 Å². The Bertz CT molecular complexity index is 496. The van der Waals surface area contributed by atoms with Crippen LogP contribution in [-0.2, 0) is 11.3 Å². The average Bonchev–Trinajstić information content (AvgIpc) is 2.77. The fourth-order valence-electron chi connectivity index (χ4n) is 1.54. The Morgan fingerprint density at radius 3 is 2.88 bits per heavy atom. The number of anilines is 1. The lowest BCUT2D eigenvalue weighted by molar-refractivity contribution is 0.0997. The van der Waals surface area contributed by atoms with Gasteiger partial charge in [0.05, 0.1) is 12.6 Å². The number of rotatable bonds is 4. The van der Waals surface area contributed by atoms with E-state index in [0.717, 1.165) is 5.56 Å². The third-order valence-electron chi connectivity index (χ3n) is 2.57. The first-order valence-corrected chi connectivity index (χ1v) is 5.36. The molecule has 17 heavy (non-hydrogen) atoms. The number of hydrogen-bond donors (Lipinski definition) is 1. The summed E-state index contributed by atoms with van der Waals surface area (Å²) in [4.78, 5) is 0. The van der Waals surface area contributed by atoms with Gasteiger partial charge in [0.25, 0.3) is 0 Å². The topological polar surface area (TPSA) is 78.8 Å². The van der Waals surface area contributed by atoms with Crippen LogP contribution in [0.2, 0.25) is 0 Å². The standard InChI is InChI=1S/C11H15N5O/c1-8(17-2)7-16-11(13-14-15-16)9-5-3-4-6-10(9)12/h3-6,8H,7,12H2,1-2H3. The quantitative estimate of drug-likeness (QED) is 0.795. The number of nitrogens with zero attached hydrogens (tertiary/aromatic N) is 4. The number of methoxy groups -OCH3 is 1. The number of aromatic nitrogens is 4. The Morgan fingerprint density at radius 1 is 1.41 bits per heavy atom. The first-order valence-electron chi connectivity index (χ1n) is 5.36. The Hall–Kier alpha value is -1.95. The predicted molar refractivity (Wildman–Crippen MR) is 64.1 cm³/mol. The van der Waals surface area contributed by atoms with Crippen LogP contribution in [0.15, 0.2) is 24.3 Å². The van der Waals surface area contributed by atoms with E-state index in [2.05, 4.69) is 15.5 Å². The molecule has 0 radical (unpaired) electrons. The third-order valence-corrected chi connectivity index (χ3v) is 2.57. The zero-order chi connectivity index (χ0) is 12.3. The SMILES string of the molecule is COC(C)Cn1nnnc1-c1ccccc1N. The Kier molecular flexibility index (Phi) is 3.34. The molecule has 0 bridgehead atoms. The summed E-state index contributed by atoms with van der Waals surface area (Å²) < 4.78 is 6.89. The number of ether oxygens (including phenoxy) is 1. The van der Waals surface area contributed by atoms with Crippen LogP contribution in [0.3, 0.4) is 0 Å². The Labute approximate surface area is 99.4 Å². The third kappa shape index (κ3) is 2.42. The van der Waals surface area contributed by atoms with Gasteiger partial charge in [0.15, 0.2) is 5.82 Å². The summed E-state index contributed by atoms with van der Waals surface area (Å²) >= 11 is 0. The smallest absolute Gasteiger partial charge is 0.184 e. The highest BCUT2D eigenvalue weighted by atomic mass is 16.5. The summed E-state index contributed by atoms with van der Waals surface area (Å²) in [6, 6.07) is 7.51. The van der Waals surface area contributed by atoms with Crippen molar-refractivity contribution in [1.29, 1.82) is 0 Å². The van der Waals surface area contributed by atoms with E-state index in [1.54, 1.807) is 11.8 Å². The highest BCUT2D eigenvalue weighted by Gasteiger charge is 2.13. The van der Waals surface area contributed by atoms with E-state index in [9.17, 15) is 0 Å². The van der Waals surface area contributed by atoms with Crippen molar-refractivity contribution < 1.29 is 4.74 Å². The van der Waals surface area contributed by atoms with Crippen molar-refractivity contribution in [2.45, 2.75) is 19.6 Å². The molecule has 1 aromatic heterocycles. The van der Waals surface area contributed by atoms with Crippen LogP contribution >= 0.6 is 0 Å². The minimum atomic E-state index is 0.0437. The molecule has 0 fully saturated rings. The van der Waals surface area contributed by atoms with Gasteiger partial charge in [0.2, 0.25) is 0 Å². The maximum absolute atomic E-state index is 5.90. The van der Waals surface area contributed by atoms with Gasteiger partial charge in [-0.05, 0) is 29.5 Å². The van der Waals surface area contributed by atoms with Crippen molar-refractivity contribution in [2.75, 3.05) is 12.8 Å². The molecule has 0 aliphatic rings. The molecule has 0 amide bonds. The molecule has 2 rings (SSSR count). The summed E-state index contributed by atoms with van der Waals surface area (Å²) in [6.45, 7) is 2.55. The second-order valence-corrected chi connectivity index (χ2v) is 3.82. The second-order valence-electron chi connectivity index (χ2n) is 3.82. The van der Waals surface area contributed by atoms with E-state index in [1.165, 1.54) is 0 Å². The minimum absolute atomic E-state index is 0.0437. The van der Waals surface area contributed by atoms with Gasteiger partial charge in [-0.15, -0.1) is 5.10 Å². The fraction of sp³-hybridized carbons (Fsp3) is 0.364. The van der Waals surface area contributed by atoms with Crippen molar-refractivity contribution in [3.8, 4) is 11.4 Å². The molecule has 1 unspecified atom stereocenters. The van der Waals surface area contributed by atoms with E-state index in [0.29, 0.717) is 18.1 Å². The average molecular weight is 233 g/mol. The molecule has 2 N–H and O–H groups in total. The van der Waals surface area contributed by atoms with Gasteiger partial charge in [-0.25, -0.2) is 4.68 Å². The highest BCUT2D eigenvalue weighted by molar-refractivity contribution is 5.70. The van der Waals surface area contributed by atoms with Gasteiger partial charge in [0, 0.05) is 18.4 Å². The highest BCUT2D eigenvalue weighted by Crippen LogP contribution is 2.22. The molecular formula is C11H15N5O. The summed E-state index contributed by atoms with van der Waals surface area (Å²) in [7, 11) is 1.66. The molecule has 0 aliphatic carbocycles. The Morgan fingerprint density at radius 2 is 2.18 bits per heavy atom. The number of hydrogen-bond acceptors (Lipinski definition) is 5. The van der Waals surface area contributed by atoms with Crippen molar-refractivity contribution in [1.82, 2.24) is 20.2 Å². The fourth-order valence-corrected chi connectivity index (χ4v) is 1.54. The van der Waals surface area contributed by atoms with Crippen molar-refractivity contribution in [3.63, 3.8) is 0 Å². The molecule has 6 heteroatoms. The summed E-state index contributed by atoms with van der Waals surface area (Å²) in [5, 5.41) is 11.6. The van der Waals surface area contributed by atoms with Gasteiger partial charge in [-0.2, -0.15) is 0 Å². The van der Waals surface area contributed by atoms with Gasteiger partial charge in [0.1, 0.15) is 0 Å². The second kappa shape index (κ2) is 4.92. The number of nitrogens with two attached hydrogens (primary N) is 1. The molecule has 1 heterocycles. The predicted octanol–water partition coefficient (Wildman–Crippen LogP) is 0.957. The molecular weight excluding hydrogens is 218 g/mol. The maximum atomic E-state index is 5.90. The van der Waals surface area contributed by atoms with Crippen LogP contribution in [0.5, 0.6) is 0 Å². The number of para-hydroxylation sites is 1. The zero-order valence-corrected chi connectivity index (χ0v) is 9.87.